The molecule has 0 aromatic heterocycles. The molecule has 0 aliphatic heterocycles. The van der Waals surface area contributed by atoms with Gasteiger partial charge < -0.3 is 10.6 Å². The van der Waals surface area contributed by atoms with E-state index in [9.17, 15) is 8.42 Å². The summed E-state index contributed by atoms with van der Waals surface area (Å²) in [6.45, 7) is 1.74. The molecule has 1 fully saturated rings. The number of hydrogen-bond acceptors (Lipinski definition) is 4. The third-order valence-electron chi connectivity index (χ3n) is 3.33. The van der Waals surface area contributed by atoms with Gasteiger partial charge in [-0.3, -0.25) is 0 Å². The highest BCUT2D eigenvalue weighted by Crippen LogP contribution is 2.23. The first-order valence-corrected chi connectivity index (χ1v) is 8.44. The number of sulfonamides is 1. The van der Waals surface area contributed by atoms with Gasteiger partial charge in [-0.2, -0.15) is 0 Å². The largest absolute Gasteiger partial charge is 0.384 e. The van der Waals surface area contributed by atoms with Crippen LogP contribution in [0.1, 0.15) is 19.3 Å². The van der Waals surface area contributed by atoms with Gasteiger partial charge in [0.1, 0.15) is 4.90 Å². The summed E-state index contributed by atoms with van der Waals surface area (Å²) in [5.74, 6) is 0. The normalized spacial score (nSPS) is 15.6. The summed E-state index contributed by atoms with van der Waals surface area (Å²) in [6.07, 6.45) is 3.56. The van der Waals surface area contributed by atoms with Gasteiger partial charge >= 0.3 is 0 Å². The van der Waals surface area contributed by atoms with Crippen molar-refractivity contribution >= 4 is 15.7 Å². The molecule has 5 nitrogen and oxygen atoms in total. The molecule has 0 atom stereocenters. The molecule has 1 aliphatic rings. The van der Waals surface area contributed by atoms with Crippen molar-refractivity contribution in [3.63, 3.8) is 0 Å². The summed E-state index contributed by atoms with van der Waals surface area (Å²) in [7, 11) is -0.304. The van der Waals surface area contributed by atoms with Crippen molar-refractivity contribution < 1.29 is 8.42 Å². The van der Waals surface area contributed by atoms with Crippen LogP contribution in [-0.2, 0) is 10.0 Å². The molecule has 1 saturated carbocycles. The monoisotopic (exact) mass is 297 g/mol. The maximum Gasteiger partial charge on any atom is 0.244 e. The molecule has 0 bridgehead atoms. The molecule has 0 amide bonds. The molecular weight excluding hydrogens is 274 g/mol. The first-order valence-electron chi connectivity index (χ1n) is 7.00. The van der Waals surface area contributed by atoms with Crippen LogP contribution >= 0.6 is 0 Å². The number of benzene rings is 1. The Hall–Kier alpha value is -1.11. The zero-order chi connectivity index (χ0) is 14.6. The summed E-state index contributed by atoms with van der Waals surface area (Å²) < 4.78 is 25.7. The van der Waals surface area contributed by atoms with Gasteiger partial charge in [0.05, 0.1) is 5.69 Å². The van der Waals surface area contributed by atoms with Gasteiger partial charge in [-0.05, 0) is 37.9 Å². The van der Waals surface area contributed by atoms with Crippen molar-refractivity contribution in [3.8, 4) is 0 Å². The molecule has 0 heterocycles. The summed E-state index contributed by atoms with van der Waals surface area (Å²) in [4.78, 5) is 0.333. The van der Waals surface area contributed by atoms with Gasteiger partial charge in [-0.25, -0.2) is 12.7 Å². The first-order chi connectivity index (χ1) is 9.51. The van der Waals surface area contributed by atoms with E-state index in [1.54, 1.807) is 26.2 Å². The lowest BCUT2D eigenvalue weighted by Gasteiger charge is -2.16. The van der Waals surface area contributed by atoms with Crippen molar-refractivity contribution in [2.75, 3.05) is 32.5 Å². The van der Waals surface area contributed by atoms with Gasteiger partial charge in [0.25, 0.3) is 0 Å². The van der Waals surface area contributed by atoms with E-state index in [2.05, 4.69) is 10.6 Å². The molecule has 112 valence electrons. The van der Waals surface area contributed by atoms with Crippen LogP contribution < -0.4 is 10.6 Å². The molecule has 2 rings (SSSR count). The van der Waals surface area contributed by atoms with Gasteiger partial charge in [0.15, 0.2) is 0 Å². The predicted octanol–water partition coefficient (Wildman–Crippen LogP) is 1.49. The molecule has 0 unspecified atom stereocenters. The summed E-state index contributed by atoms with van der Waals surface area (Å²) in [5, 5.41) is 6.66. The highest BCUT2D eigenvalue weighted by Gasteiger charge is 2.21. The van der Waals surface area contributed by atoms with E-state index in [1.165, 1.54) is 17.1 Å². The Morgan fingerprint density at radius 1 is 1.20 bits per heavy atom. The second-order valence-electron chi connectivity index (χ2n) is 5.29. The zero-order valence-corrected chi connectivity index (χ0v) is 12.9. The smallest absolute Gasteiger partial charge is 0.244 e. The van der Waals surface area contributed by atoms with Gasteiger partial charge in [0.2, 0.25) is 10.0 Å². The van der Waals surface area contributed by atoms with Crippen LogP contribution in [0.25, 0.3) is 0 Å². The van der Waals surface area contributed by atoms with E-state index < -0.39 is 10.0 Å². The first kappa shape index (κ1) is 15.3. The second kappa shape index (κ2) is 6.56. The SMILES string of the molecule is CN(C)S(=O)(=O)c1ccccc1NCCCNC1CC1. The lowest BCUT2D eigenvalue weighted by Crippen LogP contribution is -2.24. The molecule has 1 aliphatic carbocycles. The Morgan fingerprint density at radius 3 is 2.55 bits per heavy atom. The highest BCUT2D eigenvalue weighted by molar-refractivity contribution is 7.89. The maximum atomic E-state index is 12.2. The van der Waals surface area contributed by atoms with Crippen LogP contribution in [0.2, 0.25) is 0 Å². The second-order valence-corrected chi connectivity index (χ2v) is 7.41. The number of para-hydroxylation sites is 1. The fourth-order valence-electron chi connectivity index (χ4n) is 1.94. The minimum absolute atomic E-state index is 0.333. The number of nitrogens with zero attached hydrogens (tertiary/aromatic N) is 1. The van der Waals surface area contributed by atoms with E-state index in [4.69, 9.17) is 0 Å². The fraction of sp³-hybridized carbons (Fsp3) is 0.571. The van der Waals surface area contributed by atoms with Crippen LogP contribution in [0.4, 0.5) is 5.69 Å². The Bertz CT molecular complexity index is 539. The molecule has 0 saturated heterocycles. The van der Waals surface area contributed by atoms with Crippen LogP contribution in [0.5, 0.6) is 0 Å². The van der Waals surface area contributed by atoms with E-state index in [-0.39, 0.29) is 0 Å². The lowest BCUT2D eigenvalue weighted by molar-refractivity contribution is 0.521. The molecule has 0 radical (unpaired) electrons. The Balaban J connectivity index is 1.93. The van der Waals surface area contributed by atoms with Crippen molar-refractivity contribution in [2.45, 2.75) is 30.2 Å². The number of anilines is 1. The molecule has 6 heteroatoms. The average molecular weight is 297 g/mol. The Labute approximate surface area is 121 Å². The molecule has 20 heavy (non-hydrogen) atoms. The highest BCUT2D eigenvalue weighted by atomic mass is 32.2. The topological polar surface area (TPSA) is 61.4 Å². The third-order valence-corrected chi connectivity index (χ3v) is 5.20. The fourth-order valence-corrected chi connectivity index (χ4v) is 3.00. The number of nitrogens with one attached hydrogen (secondary N) is 2. The van der Waals surface area contributed by atoms with Crippen molar-refractivity contribution in [1.82, 2.24) is 9.62 Å². The Morgan fingerprint density at radius 2 is 1.90 bits per heavy atom. The summed E-state index contributed by atoms with van der Waals surface area (Å²) >= 11 is 0. The van der Waals surface area contributed by atoms with Crippen molar-refractivity contribution in [2.24, 2.45) is 0 Å². The standard InChI is InChI=1S/C14H23N3O2S/c1-17(2)20(18,19)14-7-4-3-6-13(14)16-11-5-10-15-12-8-9-12/h3-4,6-7,12,15-16H,5,8-11H2,1-2H3. The number of hydrogen-bond donors (Lipinski definition) is 2. The number of rotatable bonds is 8. The molecule has 0 spiro atoms. The van der Waals surface area contributed by atoms with Gasteiger partial charge in [-0.1, -0.05) is 12.1 Å². The zero-order valence-electron chi connectivity index (χ0n) is 12.1. The minimum atomic E-state index is -3.40. The van der Waals surface area contributed by atoms with E-state index in [1.807, 2.05) is 12.1 Å². The van der Waals surface area contributed by atoms with Crippen LogP contribution in [0, 0.1) is 0 Å². The maximum absolute atomic E-state index is 12.2. The molecular formula is C14H23N3O2S. The molecule has 1 aromatic rings. The average Bonchev–Trinajstić information content (AvgIpc) is 3.22. The third kappa shape index (κ3) is 3.94. The van der Waals surface area contributed by atoms with E-state index >= 15 is 0 Å². The summed E-state index contributed by atoms with van der Waals surface area (Å²) in [5.41, 5.74) is 0.674. The minimum Gasteiger partial charge on any atom is -0.384 e. The van der Waals surface area contributed by atoms with E-state index in [0.29, 0.717) is 10.6 Å². The van der Waals surface area contributed by atoms with Crippen molar-refractivity contribution in [1.29, 1.82) is 0 Å². The summed E-state index contributed by atoms with van der Waals surface area (Å²) in [6, 6.07) is 7.76. The molecule has 2 N–H and O–H groups in total. The Kier molecular flexibility index (Phi) is 5.01. The van der Waals surface area contributed by atoms with Crippen LogP contribution in [0.15, 0.2) is 29.2 Å². The van der Waals surface area contributed by atoms with Gasteiger partial charge in [-0.15, -0.1) is 0 Å². The van der Waals surface area contributed by atoms with Crippen LogP contribution in [0.3, 0.4) is 0 Å². The quantitative estimate of drug-likeness (QED) is 0.714. The predicted molar refractivity (Wildman–Crippen MR) is 81.4 cm³/mol. The lowest BCUT2D eigenvalue weighted by atomic mass is 10.3. The van der Waals surface area contributed by atoms with Crippen LogP contribution in [-0.4, -0.2) is 45.9 Å². The van der Waals surface area contributed by atoms with E-state index in [0.717, 1.165) is 25.6 Å². The van der Waals surface area contributed by atoms with Crippen molar-refractivity contribution in [3.05, 3.63) is 24.3 Å². The molecule has 1 aromatic carbocycles. The van der Waals surface area contributed by atoms with Gasteiger partial charge in [0, 0.05) is 26.7 Å².